The molecule has 0 unspecified atom stereocenters. The summed E-state index contributed by atoms with van der Waals surface area (Å²) in [4.78, 5) is 0. The van der Waals surface area contributed by atoms with Crippen LogP contribution in [-0.2, 0) is 10.0 Å². The molecule has 0 aromatic carbocycles. The first-order chi connectivity index (χ1) is 7.70. The highest BCUT2D eigenvalue weighted by Crippen LogP contribution is 2.12. The third-order valence-corrected chi connectivity index (χ3v) is 4.60. The Bertz CT molecular complexity index is 350. The molecule has 0 radical (unpaired) electrons. The topological polar surface area (TPSA) is 96.0 Å². The standard InChI is InChI=1S/C10H23N3O3S/c1-8(2)7-17(15,16)13(9(3)4)6-5-10(11)12-14/h8-9,14H,5-7H2,1-4H3,(H2,11,12). The minimum Gasteiger partial charge on any atom is -0.409 e. The van der Waals surface area contributed by atoms with Gasteiger partial charge in [-0.2, -0.15) is 4.31 Å². The molecule has 17 heavy (non-hydrogen) atoms. The molecule has 7 heteroatoms. The Labute approximate surface area is 104 Å². The van der Waals surface area contributed by atoms with Crippen LogP contribution >= 0.6 is 0 Å². The van der Waals surface area contributed by atoms with Crippen molar-refractivity contribution in [1.82, 2.24) is 4.31 Å². The van der Waals surface area contributed by atoms with Crippen LogP contribution in [0.15, 0.2) is 5.16 Å². The fourth-order valence-electron chi connectivity index (χ4n) is 1.51. The van der Waals surface area contributed by atoms with Crippen LogP contribution in [0, 0.1) is 5.92 Å². The summed E-state index contributed by atoms with van der Waals surface area (Å²) in [6.07, 6.45) is 0.228. The first kappa shape index (κ1) is 16.2. The fourth-order valence-corrected chi connectivity index (χ4v) is 3.56. The van der Waals surface area contributed by atoms with Gasteiger partial charge >= 0.3 is 0 Å². The maximum Gasteiger partial charge on any atom is 0.214 e. The molecule has 0 saturated carbocycles. The Hall–Kier alpha value is -0.820. The van der Waals surface area contributed by atoms with Gasteiger partial charge in [0.25, 0.3) is 0 Å². The second-order valence-corrected chi connectivity index (χ2v) is 6.68. The zero-order valence-electron chi connectivity index (χ0n) is 10.9. The fraction of sp³-hybridized carbons (Fsp3) is 0.900. The molecule has 0 aliphatic rings. The summed E-state index contributed by atoms with van der Waals surface area (Å²) < 4.78 is 25.5. The number of hydrogen-bond donors (Lipinski definition) is 2. The van der Waals surface area contributed by atoms with Gasteiger partial charge < -0.3 is 10.9 Å². The molecule has 0 fully saturated rings. The van der Waals surface area contributed by atoms with E-state index in [1.54, 1.807) is 0 Å². The number of oxime groups is 1. The Morgan fingerprint density at radius 2 is 1.88 bits per heavy atom. The van der Waals surface area contributed by atoms with Gasteiger partial charge in [-0.1, -0.05) is 19.0 Å². The minimum atomic E-state index is -3.28. The predicted molar refractivity (Wildman–Crippen MR) is 68.5 cm³/mol. The van der Waals surface area contributed by atoms with Crippen molar-refractivity contribution in [2.45, 2.75) is 40.2 Å². The summed E-state index contributed by atoms with van der Waals surface area (Å²) >= 11 is 0. The minimum absolute atomic E-state index is 0.0374. The van der Waals surface area contributed by atoms with Gasteiger partial charge in [-0.05, 0) is 19.8 Å². The smallest absolute Gasteiger partial charge is 0.214 e. The summed E-state index contributed by atoms with van der Waals surface area (Å²) in [6.45, 7) is 7.58. The summed E-state index contributed by atoms with van der Waals surface area (Å²) in [7, 11) is -3.28. The lowest BCUT2D eigenvalue weighted by molar-refractivity contribution is 0.313. The molecule has 0 aromatic rings. The van der Waals surface area contributed by atoms with E-state index in [1.165, 1.54) is 4.31 Å². The van der Waals surface area contributed by atoms with Crippen molar-refractivity contribution >= 4 is 15.9 Å². The van der Waals surface area contributed by atoms with Crippen LogP contribution in [0.1, 0.15) is 34.1 Å². The average molecular weight is 265 g/mol. The SMILES string of the molecule is CC(C)CS(=O)(=O)N(CCC(N)=NO)C(C)C. The molecule has 0 amide bonds. The molecule has 0 aliphatic heterocycles. The highest BCUT2D eigenvalue weighted by molar-refractivity contribution is 7.89. The molecule has 0 bridgehead atoms. The summed E-state index contributed by atoms with van der Waals surface area (Å²) in [5.74, 6) is 0.224. The summed E-state index contributed by atoms with van der Waals surface area (Å²) in [5.41, 5.74) is 5.34. The number of rotatable bonds is 7. The van der Waals surface area contributed by atoms with Crippen LogP contribution in [-0.4, -0.2) is 42.1 Å². The molecule has 6 nitrogen and oxygen atoms in total. The van der Waals surface area contributed by atoms with E-state index >= 15 is 0 Å². The molecular formula is C10H23N3O3S. The van der Waals surface area contributed by atoms with Gasteiger partial charge in [0.2, 0.25) is 10.0 Å². The Morgan fingerprint density at radius 3 is 2.24 bits per heavy atom. The van der Waals surface area contributed by atoms with Gasteiger partial charge in [0.1, 0.15) is 5.84 Å². The van der Waals surface area contributed by atoms with Crippen molar-refractivity contribution in [2.75, 3.05) is 12.3 Å². The van der Waals surface area contributed by atoms with Crippen LogP contribution < -0.4 is 5.73 Å². The second-order valence-electron chi connectivity index (χ2n) is 4.72. The van der Waals surface area contributed by atoms with Crippen molar-refractivity contribution in [3.63, 3.8) is 0 Å². The van der Waals surface area contributed by atoms with E-state index in [4.69, 9.17) is 10.9 Å². The first-order valence-electron chi connectivity index (χ1n) is 5.66. The van der Waals surface area contributed by atoms with Crippen LogP contribution in [0.2, 0.25) is 0 Å². The molecule has 0 rings (SSSR count). The summed E-state index contributed by atoms with van der Waals surface area (Å²) in [5, 5.41) is 11.3. The molecule has 0 aliphatic carbocycles. The van der Waals surface area contributed by atoms with Gasteiger partial charge in [-0.15, -0.1) is 0 Å². The molecular weight excluding hydrogens is 242 g/mol. The Morgan fingerprint density at radius 1 is 1.35 bits per heavy atom. The second kappa shape index (κ2) is 6.80. The van der Waals surface area contributed by atoms with Crippen molar-refractivity contribution in [3.8, 4) is 0 Å². The van der Waals surface area contributed by atoms with Crippen molar-refractivity contribution in [2.24, 2.45) is 16.8 Å². The largest absolute Gasteiger partial charge is 0.409 e. The van der Waals surface area contributed by atoms with Gasteiger partial charge in [0, 0.05) is 19.0 Å². The molecule has 102 valence electrons. The quantitative estimate of drug-likeness (QED) is 0.308. The van der Waals surface area contributed by atoms with E-state index in [1.807, 2.05) is 27.7 Å². The Balaban J connectivity index is 4.74. The number of sulfonamides is 1. The van der Waals surface area contributed by atoms with Crippen LogP contribution in [0.25, 0.3) is 0 Å². The molecule has 0 saturated heterocycles. The zero-order chi connectivity index (χ0) is 13.6. The lowest BCUT2D eigenvalue weighted by Gasteiger charge is -2.26. The number of hydrogen-bond acceptors (Lipinski definition) is 4. The molecule has 0 atom stereocenters. The Kier molecular flexibility index (Phi) is 6.48. The van der Waals surface area contributed by atoms with Crippen LogP contribution in [0.3, 0.4) is 0 Å². The van der Waals surface area contributed by atoms with Crippen molar-refractivity contribution < 1.29 is 13.6 Å². The molecule has 0 aromatic heterocycles. The third kappa shape index (κ3) is 5.88. The third-order valence-electron chi connectivity index (χ3n) is 2.19. The highest BCUT2D eigenvalue weighted by Gasteiger charge is 2.25. The maximum atomic E-state index is 12.1. The lowest BCUT2D eigenvalue weighted by Crippen LogP contribution is -2.41. The number of amidine groups is 1. The van der Waals surface area contributed by atoms with Crippen LogP contribution in [0.5, 0.6) is 0 Å². The predicted octanol–water partition coefficient (Wildman–Crippen LogP) is 0.819. The van der Waals surface area contributed by atoms with Gasteiger partial charge in [-0.3, -0.25) is 0 Å². The molecule has 0 spiro atoms. The highest BCUT2D eigenvalue weighted by atomic mass is 32.2. The first-order valence-corrected chi connectivity index (χ1v) is 7.27. The van der Waals surface area contributed by atoms with Crippen molar-refractivity contribution in [3.05, 3.63) is 0 Å². The van der Waals surface area contributed by atoms with Crippen molar-refractivity contribution in [1.29, 1.82) is 0 Å². The van der Waals surface area contributed by atoms with E-state index in [0.29, 0.717) is 0 Å². The normalized spacial score (nSPS) is 13.9. The van der Waals surface area contributed by atoms with E-state index in [2.05, 4.69) is 5.16 Å². The monoisotopic (exact) mass is 265 g/mol. The molecule has 3 N–H and O–H groups in total. The maximum absolute atomic E-state index is 12.1. The number of nitrogens with two attached hydrogens (primary N) is 1. The van der Waals surface area contributed by atoms with E-state index in [0.717, 1.165) is 0 Å². The number of nitrogens with zero attached hydrogens (tertiary/aromatic N) is 2. The van der Waals surface area contributed by atoms with Gasteiger partial charge in [0.05, 0.1) is 5.75 Å². The zero-order valence-corrected chi connectivity index (χ0v) is 11.7. The van der Waals surface area contributed by atoms with E-state index in [9.17, 15) is 8.42 Å². The van der Waals surface area contributed by atoms with E-state index in [-0.39, 0.29) is 36.5 Å². The summed E-state index contributed by atoms with van der Waals surface area (Å²) in [6, 6.07) is -0.134. The van der Waals surface area contributed by atoms with E-state index < -0.39 is 10.0 Å². The van der Waals surface area contributed by atoms with Gasteiger partial charge in [0.15, 0.2) is 0 Å². The molecule has 0 heterocycles. The lowest BCUT2D eigenvalue weighted by atomic mass is 10.3. The average Bonchev–Trinajstić information content (AvgIpc) is 2.14. The van der Waals surface area contributed by atoms with Gasteiger partial charge in [-0.25, -0.2) is 8.42 Å². The van der Waals surface area contributed by atoms with Crippen LogP contribution in [0.4, 0.5) is 0 Å².